The predicted octanol–water partition coefficient (Wildman–Crippen LogP) is 4.14. The average Bonchev–Trinajstić information content (AvgIpc) is 2.43. The molecule has 1 aliphatic rings. The molecule has 0 aromatic heterocycles. The van der Waals surface area contributed by atoms with Crippen LogP contribution in [-0.4, -0.2) is 6.54 Å². The van der Waals surface area contributed by atoms with Crippen molar-refractivity contribution in [2.45, 2.75) is 45.4 Å². The Kier molecular flexibility index (Phi) is 4.56. The molecule has 2 rings (SSSR count). The lowest BCUT2D eigenvalue weighted by atomic mass is 9.70. The van der Waals surface area contributed by atoms with Crippen LogP contribution >= 0.6 is 0 Å². The van der Waals surface area contributed by atoms with E-state index in [0.29, 0.717) is 18.0 Å². The Morgan fingerprint density at radius 2 is 2.00 bits per heavy atom. The molecule has 1 aromatic rings. The molecule has 1 fully saturated rings. The molecule has 2 N–H and O–H groups in total. The van der Waals surface area contributed by atoms with Crippen molar-refractivity contribution < 1.29 is 8.78 Å². The molecule has 1 aromatic carbocycles. The van der Waals surface area contributed by atoms with Crippen LogP contribution in [0.25, 0.3) is 0 Å². The lowest BCUT2D eigenvalue weighted by Crippen LogP contribution is -2.30. The summed E-state index contributed by atoms with van der Waals surface area (Å²) in [6.07, 6.45) is 4.04. The zero-order valence-corrected chi connectivity index (χ0v) is 11.8. The topological polar surface area (TPSA) is 26.0 Å². The first-order valence-corrected chi connectivity index (χ1v) is 7.23. The number of benzene rings is 1. The summed E-state index contributed by atoms with van der Waals surface area (Å²) in [5.41, 5.74) is 6.60. The van der Waals surface area contributed by atoms with Crippen LogP contribution < -0.4 is 5.73 Å². The van der Waals surface area contributed by atoms with Gasteiger partial charge in [0.2, 0.25) is 0 Å². The maximum absolute atomic E-state index is 14.3. The monoisotopic (exact) mass is 267 g/mol. The highest BCUT2D eigenvalue weighted by Crippen LogP contribution is 2.43. The molecular weight excluding hydrogens is 244 g/mol. The summed E-state index contributed by atoms with van der Waals surface area (Å²) < 4.78 is 28.4. The van der Waals surface area contributed by atoms with E-state index >= 15 is 0 Å². The minimum Gasteiger partial charge on any atom is -0.330 e. The van der Waals surface area contributed by atoms with Crippen molar-refractivity contribution in [1.82, 2.24) is 0 Å². The van der Waals surface area contributed by atoms with Crippen LogP contribution in [0.5, 0.6) is 0 Å². The van der Waals surface area contributed by atoms with Crippen LogP contribution in [0, 0.1) is 30.4 Å². The highest BCUT2D eigenvalue weighted by atomic mass is 19.1. The van der Waals surface area contributed by atoms with E-state index in [9.17, 15) is 8.78 Å². The summed E-state index contributed by atoms with van der Waals surface area (Å²) >= 11 is 0. The second-order valence-corrected chi connectivity index (χ2v) is 5.78. The van der Waals surface area contributed by atoms with Gasteiger partial charge in [-0.25, -0.2) is 8.78 Å². The molecule has 1 saturated carbocycles. The van der Waals surface area contributed by atoms with Crippen molar-refractivity contribution in [2.75, 3.05) is 6.54 Å². The summed E-state index contributed by atoms with van der Waals surface area (Å²) in [7, 11) is 0. The Balaban J connectivity index is 2.39. The molecule has 3 atom stereocenters. The fourth-order valence-corrected chi connectivity index (χ4v) is 3.35. The maximum Gasteiger partial charge on any atom is 0.132 e. The molecule has 3 heteroatoms. The van der Waals surface area contributed by atoms with Gasteiger partial charge in [0.25, 0.3) is 0 Å². The first-order valence-electron chi connectivity index (χ1n) is 7.23. The predicted molar refractivity (Wildman–Crippen MR) is 74.0 cm³/mol. The van der Waals surface area contributed by atoms with E-state index in [1.165, 1.54) is 12.1 Å². The fourth-order valence-electron chi connectivity index (χ4n) is 3.35. The molecule has 0 aliphatic heterocycles. The summed E-state index contributed by atoms with van der Waals surface area (Å²) in [5, 5.41) is 0. The van der Waals surface area contributed by atoms with E-state index in [1.807, 2.05) is 0 Å². The van der Waals surface area contributed by atoms with Crippen LogP contribution in [0.2, 0.25) is 0 Å². The molecule has 0 heterocycles. The summed E-state index contributed by atoms with van der Waals surface area (Å²) in [4.78, 5) is 0. The molecular formula is C16H23F2N. The molecule has 0 bridgehead atoms. The SMILES string of the molecule is CCC1CCC(CN)C(c2c(F)ccc(C)c2F)C1. The summed E-state index contributed by atoms with van der Waals surface area (Å²) in [6.45, 7) is 4.34. The van der Waals surface area contributed by atoms with Gasteiger partial charge in [0.1, 0.15) is 11.6 Å². The van der Waals surface area contributed by atoms with Crippen molar-refractivity contribution >= 4 is 0 Å². The third-order valence-corrected chi connectivity index (χ3v) is 4.67. The van der Waals surface area contributed by atoms with Crippen LogP contribution in [0.15, 0.2) is 12.1 Å². The van der Waals surface area contributed by atoms with Crippen LogP contribution in [-0.2, 0) is 0 Å². The number of rotatable bonds is 3. The number of nitrogens with two attached hydrogens (primary N) is 1. The van der Waals surface area contributed by atoms with Gasteiger partial charge in [-0.3, -0.25) is 0 Å². The van der Waals surface area contributed by atoms with Crippen LogP contribution in [0.3, 0.4) is 0 Å². The van der Waals surface area contributed by atoms with Gasteiger partial charge in [-0.15, -0.1) is 0 Å². The molecule has 0 spiro atoms. The van der Waals surface area contributed by atoms with E-state index in [0.717, 1.165) is 25.7 Å². The van der Waals surface area contributed by atoms with Crippen molar-refractivity contribution in [1.29, 1.82) is 0 Å². The fraction of sp³-hybridized carbons (Fsp3) is 0.625. The van der Waals surface area contributed by atoms with Gasteiger partial charge in [-0.05, 0) is 55.7 Å². The number of hydrogen-bond donors (Lipinski definition) is 1. The van der Waals surface area contributed by atoms with Crippen molar-refractivity contribution in [3.63, 3.8) is 0 Å². The molecule has 19 heavy (non-hydrogen) atoms. The first kappa shape index (κ1) is 14.4. The molecule has 0 saturated heterocycles. The van der Waals surface area contributed by atoms with E-state index in [-0.39, 0.29) is 23.2 Å². The standard InChI is InChI=1S/C16H23F2N/c1-3-11-5-6-12(9-19)13(8-11)15-14(17)7-4-10(2)16(15)18/h4,7,11-13H,3,5-6,8-9,19H2,1-2H3. The number of aryl methyl sites for hydroxylation is 1. The highest BCUT2D eigenvalue weighted by molar-refractivity contribution is 5.30. The van der Waals surface area contributed by atoms with Gasteiger partial charge in [-0.1, -0.05) is 25.8 Å². The Bertz CT molecular complexity index is 445. The van der Waals surface area contributed by atoms with Gasteiger partial charge < -0.3 is 5.73 Å². The van der Waals surface area contributed by atoms with Crippen molar-refractivity contribution in [2.24, 2.45) is 17.6 Å². The quantitative estimate of drug-likeness (QED) is 0.875. The minimum atomic E-state index is -0.414. The van der Waals surface area contributed by atoms with Crippen molar-refractivity contribution in [3.05, 3.63) is 34.9 Å². The normalized spacial score (nSPS) is 27.5. The zero-order chi connectivity index (χ0) is 14.0. The third kappa shape index (κ3) is 2.81. The van der Waals surface area contributed by atoms with Gasteiger partial charge in [0, 0.05) is 5.56 Å². The Labute approximate surface area is 114 Å². The van der Waals surface area contributed by atoms with Gasteiger partial charge >= 0.3 is 0 Å². The Hall–Kier alpha value is -0.960. The van der Waals surface area contributed by atoms with E-state index in [4.69, 9.17) is 5.73 Å². The summed E-state index contributed by atoms with van der Waals surface area (Å²) in [5.74, 6) is -0.0900. The van der Waals surface area contributed by atoms with Crippen LogP contribution in [0.1, 0.15) is 49.7 Å². The van der Waals surface area contributed by atoms with E-state index in [2.05, 4.69) is 6.92 Å². The smallest absolute Gasteiger partial charge is 0.132 e. The highest BCUT2D eigenvalue weighted by Gasteiger charge is 2.33. The molecule has 1 aliphatic carbocycles. The first-order chi connectivity index (χ1) is 9.08. The zero-order valence-electron chi connectivity index (χ0n) is 11.8. The second kappa shape index (κ2) is 6.00. The third-order valence-electron chi connectivity index (χ3n) is 4.67. The number of halogens is 2. The molecule has 3 unspecified atom stereocenters. The lowest BCUT2D eigenvalue weighted by Gasteiger charge is -2.36. The minimum absolute atomic E-state index is 0.0661. The molecule has 0 amide bonds. The van der Waals surface area contributed by atoms with Gasteiger partial charge in [-0.2, -0.15) is 0 Å². The average molecular weight is 267 g/mol. The molecule has 1 nitrogen and oxygen atoms in total. The maximum atomic E-state index is 14.3. The largest absolute Gasteiger partial charge is 0.330 e. The molecule has 0 radical (unpaired) electrons. The lowest BCUT2D eigenvalue weighted by molar-refractivity contribution is 0.228. The molecule has 106 valence electrons. The Morgan fingerprint density at radius 1 is 1.26 bits per heavy atom. The van der Waals surface area contributed by atoms with E-state index < -0.39 is 5.82 Å². The Morgan fingerprint density at radius 3 is 2.63 bits per heavy atom. The van der Waals surface area contributed by atoms with Crippen molar-refractivity contribution in [3.8, 4) is 0 Å². The van der Waals surface area contributed by atoms with Crippen LogP contribution in [0.4, 0.5) is 8.78 Å². The summed E-state index contributed by atoms with van der Waals surface area (Å²) in [6, 6.07) is 2.89. The number of hydrogen-bond acceptors (Lipinski definition) is 1. The van der Waals surface area contributed by atoms with Gasteiger partial charge in [0.05, 0.1) is 0 Å². The van der Waals surface area contributed by atoms with Gasteiger partial charge in [0.15, 0.2) is 0 Å². The second-order valence-electron chi connectivity index (χ2n) is 5.78. The van der Waals surface area contributed by atoms with E-state index in [1.54, 1.807) is 6.92 Å².